The zero-order valence-electron chi connectivity index (χ0n) is 15.5. The monoisotopic (exact) mass is 404 g/mol. The van der Waals surface area contributed by atoms with Crippen molar-refractivity contribution in [2.45, 2.75) is 43.5 Å². The van der Waals surface area contributed by atoms with Gasteiger partial charge in [0, 0.05) is 12.2 Å². The highest BCUT2D eigenvalue weighted by Gasteiger charge is 2.19. The van der Waals surface area contributed by atoms with Gasteiger partial charge >= 0.3 is 5.97 Å². The van der Waals surface area contributed by atoms with Gasteiger partial charge in [0.15, 0.2) is 0 Å². The molecule has 0 aliphatic heterocycles. The van der Waals surface area contributed by atoms with Gasteiger partial charge in [0.1, 0.15) is 5.76 Å². The average Bonchev–Trinajstić information content (AvgIpc) is 3.21. The van der Waals surface area contributed by atoms with Crippen LogP contribution in [0.3, 0.4) is 0 Å². The lowest BCUT2D eigenvalue weighted by molar-refractivity contribution is 0.0697. The molecule has 0 amide bonds. The fourth-order valence-corrected chi connectivity index (χ4v) is 4.19. The minimum Gasteiger partial charge on any atom is -0.478 e. The fourth-order valence-electron chi connectivity index (χ4n) is 3.17. The number of aromatic carboxylic acids is 1. The van der Waals surface area contributed by atoms with Gasteiger partial charge in [-0.15, -0.1) is 0 Å². The lowest BCUT2D eigenvalue weighted by Crippen LogP contribution is -2.23. The van der Waals surface area contributed by atoms with Gasteiger partial charge in [-0.3, -0.25) is 0 Å². The van der Waals surface area contributed by atoms with Crippen molar-refractivity contribution < 1.29 is 22.7 Å². The number of furan rings is 1. The molecule has 28 heavy (non-hydrogen) atoms. The van der Waals surface area contributed by atoms with Gasteiger partial charge in [0.05, 0.1) is 23.3 Å². The molecule has 0 fully saturated rings. The van der Waals surface area contributed by atoms with Crippen molar-refractivity contribution in [2.24, 2.45) is 0 Å². The van der Waals surface area contributed by atoms with Crippen molar-refractivity contribution >= 4 is 21.7 Å². The standard InChI is InChI=1S/C20H24N2O5S/c23-20(24)18-13-17(28(25,26)22-14-16-7-4-12-27-16)8-9-19(18)21-11-10-15-5-2-1-3-6-15/h4-5,7-9,12-13,21-22H,1-3,6,10-11,14H2,(H,23,24). The van der Waals surface area contributed by atoms with Gasteiger partial charge in [-0.1, -0.05) is 11.6 Å². The number of anilines is 1. The quantitative estimate of drug-likeness (QED) is 0.549. The lowest BCUT2D eigenvalue weighted by Gasteiger charge is -2.15. The molecule has 1 aromatic carbocycles. The van der Waals surface area contributed by atoms with Gasteiger partial charge < -0.3 is 14.8 Å². The molecule has 0 saturated carbocycles. The van der Waals surface area contributed by atoms with E-state index in [1.807, 2.05) is 0 Å². The number of nitrogens with one attached hydrogen (secondary N) is 2. The van der Waals surface area contributed by atoms with Crippen molar-refractivity contribution in [2.75, 3.05) is 11.9 Å². The van der Waals surface area contributed by atoms with Crippen LogP contribution in [-0.2, 0) is 16.6 Å². The van der Waals surface area contributed by atoms with E-state index in [-0.39, 0.29) is 17.0 Å². The molecule has 150 valence electrons. The summed E-state index contributed by atoms with van der Waals surface area (Å²) in [6, 6.07) is 7.39. The van der Waals surface area contributed by atoms with E-state index in [9.17, 15) is 18.3 Å². The third kappa shape index (κ3) is 5.24. The predicted molar refractivity (Wildman–Crippen MR) is 106 cm³/mol. The van der Waals surface area contributed by atoms with Crippen molar-refractivity contribution in [3.05, 3.63) is 59.6 Å². The highest BCUT2D eigenvalue weighted by molar-refractivity contribution is 7.89. The molecular formula is C20H24N2O5S. The van der Waals surface area contributed by atoms with Crippen LogP contribution in [-0.4, -0.2) is 26.0 Å². The van der Waals surface area contributed by atoms with Gasteiger partial charge in [-0.2, -0.15) is 0 Å². The third-order valence-electron chi connectivity index (χ3n) is 4.69. The largest absolute Gasteiger partial charge is 0.478 e. The maximum absolute atomic E-state index is 12.5. The molecule has 0 radical (unpaired) electrons. The Morgan fingerprint density at radius 1 is 1.21 bits per heavy atom. The maximum Gasteiger partial charge on any atom is 0.337 e. The SMILES string of the molecule is O=C(O)c1cc(S(=O)(=O)NCc2ccco2)ccc1NCCC1=CCCCC1. The van der Waals surface area contributed by atoms with Crippen molar-refractivity contribution in [1.82, 2.24) is 4.72 Å². The molecule has 3 rings (SSSR count). The van der Waals surface area contributed by atoms with Crippen molar-refractivity contribution in [3.8, 4) is 0 Å². The molecule has 1 aromatic heterocycles. The number of hydrogen-bond acceptors (Lipinski definition) is 5. The molecule has 1 aliphatic carbocycles. The Morgan fingerprint density at radius 2 is 2.07 bits per heavy atom. The van der Waals surface area contributed by atoms with Crippen LogP contribution in [0.1, 0.15) is 48.2 Å². The van der Waals surface area contributed by atoms with Gasteiger partial charge in [0.2, 0.25) is 10.0 Å². The van der Waals surface area contributed by atoms with E-state index < -0.39 is 16.0 Å². The second-order valence-corrected chi connectivity index (χ2v) is 8.47. The van der Waals surface area contributed by atoms with E-state index in [1.165, 1.54) is 42.9 Å². The first kappa shape index (κ1) is 20.2. The zero-order valence-corrected chi connectivity index (χ0v) is 16.3. The van der Waals surface area contributed by atoms with E-state index in [4.69, 9.17) is 4.42 Å². The molecule has 3 N–H and O–H groups in total. The molecule has 7 nitrogen and oxygen atoms in total. The Kier molecular flexibility index (Phi) is 6.53. The maximum atomic E-state index is 12.5. The average molecular weight is 404 g/mol. The highest BCUT2D eigenvalue weighted by Crippen LogP contribution is 2.23. The number of hydrogen-bond donors (Lipinski definition) is 3. The Balaban J connectivity index is 1.69. The fraction of sp³-hybridized carbons (Fsp3) is 0.350. The summed E-state index contributed by atoms with van der Waals surface area (Å²) in [5, 5.41) is 12.6. The summed E-state index contributed by atoms with van der Waals surface area (Å²) in [4.78, 5) is 11.5. The minimum atomic E-state index is -3.86. The number of carboxylic acid groups (broad SMARTS) is 1. The highest BCUT2D eigenvalue weighted by atomic mass is 32.2. The Labute approximate surface area is 164 Å². The van der Waals surface area contributed by atoms with Crippen molar-refractivity contribution in [3.63, 3.8) is 0 Å². The van der Waals surface area contributed by atoms with Crippen LogP contribution in [0.4, 0.5) is 5.69 Å². The van der Waals surface area contributed by atoms with Crippen molar-refractivity contribution in [1.29, 1.82) is 0 Å². The summed E-state index contributed by atoms with van der Waals surface area (Å²) < 4.78 is 32.4. The number of allylic oxidation sites excluding steroid dienone is 1. The van der Waals surface area contributed by atoms with Crippen LogP contribution < -0.4 is 10.0 Å². The molecule has 2 aromatic rings. The van der Waals surface area contributed by atoms with Gasteiger partial charge in [0.25, 0.3) is 0 Å². The second kappa shape index (κ2) is 9.07. The molecule has 0 atom stereocenters. The summed E-state index contributed by atoms with van der Waals surface area (Å²) in [5.74, 6) is -0.709. The van der Waals surface area contributed by atoms with E-state index in [0.29, 0.717) is 18.0 Å². The van der Waals surface area contributed by atoms with E-state index in [2.05, 4.69) is 16.1 Å². The first-order valence-corrected chi connectivity index (χ1v) is 10.8. The smallest absolute Gasteiger partial charge is 0.337 e. The summed E-state index contributed by atoms with van der Waals surface area (Å²) in [7, 11) is -3.86. The number of carbonyl (C=O) groups is 1. The first-order chi connectivity index (χ1) is 13.5. The number of carboxylic acids is 1. The van der Waals surface area contributed by atoms with Crippen LogP contribution in [0.15, 0.2) is 57.6 Å². The van der Waals surface area contributed by atoms with Gasteiger partial charge in [-0.05, 0) is 62.4 Å². The molecule has 0 spiro atoms. The van der Waals surface area contributed by atoms with Crippen LogP contribution in [0.5, 0.6) is 0 Å². The molecule has 8 heteroatoms. The molecule has 0 bridgehead atoms. The summed E-state index contributed by atoms with van der Waals surface area (Å²) in [5.41, 5.74) is 1.73. The summed E-state index contributed by atoms with van der Waals surface area (Å²) in [6.07, 6.45) is 9.18. The van der Waals surface area contributed by atoms with E-state index in [1.54, 1.807) is 12.1 Å². The van der Waals surface area contributed by atoms with Crippen LogP contribution in [0, 0.1) is 0 Å². The van der Waals surface area contributed by atoms with Crippen LogP contribution in [0.2, 0.25) is 0 Å². The number of rotatable bonds is 9. The zero-order chi connectivity index (χ0) is 20.0. The van der Waals surface area contributed by atoms with E-state index >= 15 is 0 Å². The molecule has 1 heterocycles. The molecule has 0 unspecified atom stereocenters. The topological polar surface area (TPSA) is 109 Å². The lowest BCUT2D eigenvalue weighted by atomic mass is 9.97. The third-order valence-corrected chi connectivity index (χ3v) is 6.09. The van der Waals surface area contributed by atoms with Crippen LogP contribution >= 0.6 is 0 Å². The summed E-state index contributed by atoms with van der Waals surface area (Å²) >= 11 is 0. The normalized spacial score (nSPS) is 14.5. The Morgan fingerprint density at radius 3 is 2.75 bits per heavy atom. The second-order valence-electron chi connectivity index (χ2n) is 6.70. The molecular weight excluding hydrogens is 380 g/mol. The minimum absolute atomic E-state index is 0.00709. The Hall–Kier alpha value is -2.58. The van der Waals surface area contributed by atoms with Crippen LogP contribution in [0.25, 0.3) is 0 Å². The molecule has 0 saturated heterocycles. The summed E-state index contributed by atoms with van der Waals surface area (Å²) in [6.45, 7) is 0.599. The number of sulfonamides is 1. The van der Waals surface area contributed by atoms with E-state index in [0.717, 1.165) is 19.3 Å². The predicted octanol–water partition coefficient (Wildman–Crippen LogP) is 3.76. The Bertz CT molecular complexity index is 949. The first-order valence-electron chi connectivity index (χ1n) is 9.27. The van der Waals surface area contributed by atoms with Gasteiger partial charge in [-0.25, -0.2) is 17.9 Å². The molecule has 1 aliphatic rings. The number of benzene rings is 1.